The summed E-state index contributed by atoms with van der Waals surface area (Å²) in [7, 11) is 2.20. The van der Waals surface area contributed by atoms with E-state index >= 15 is 0 Å². The van der Waals surface area contributed by atoms with Crippen LogP contribution in [0.1, 0.15) is 39.0 Å². The lowest BCUT2D eigenvalue weighted by atomic mass is 9.80. The average molecular weight is 253 g/mol. The minimum atomic E-state index is 0.207. The highest BCUT2D eigenvalue weighted by Crippen LogP contribution is 2.29. The maximum Gasteiger partial charge on any atom is 0.221 e. The molecule has 0 aromatic carbocycles. The van der Waals surface area contributed by atoms with Crippen LogP contribution in [0.15, 0.2) is 0 Å². The smallest absolute Gasteiger partial charge is 0.221 e. The van der Waals surface area contributed by atoms with Crippen LogP contribution in [0.2, 0.25) is 0 Å². The Morgan fingerprint density at radius 3 is 2.89 bits per heavy atom. The minimum Gasteiger partial charge on any atom is -0.356 e. The molecule has 4 nitrogen and oxygen atoms in total. The zero-order valence-corrected chi connectivity index (χ0v) is 11.8. The Labute approximate surface area is 110 Å². The highest BCUT2D eigenvalue weighted by Gasteiger charge is 2.29. The van der Waals surface area contributed by atoms with Gasteiger partial charge in [0.1, 0.15) is 0 Å². The molecule has 2 rings (SSSR count). The van der Waals surface area contributed by atoms with E-state index in [-0.39, 0.29) is 5.91 Å². The second-order valence-electron chi connectivity index (χ2n) is 6.39. The van der Waals surface area contributed by atoms with Crippen LogP contribution >= 0.6 is 0 Å². The summed E-state index contributed by atoms with van der Waals surface area (Å²) in [5.41, 5.74) is 0.412. The Morgan fingerprint density at radius 1 is 1.44 bits per heavy atom. The zero-order valence-electron chi connectivity index (χ0n) is 11.8. The number of carbonyl (C=O) groups is 1. The minimum absolute atomic E-state index is 0.207. The summed E-state index contributed by atoms with van der Waals surface area (Å²) in [4.78, 5) is 13.9. The third-order valence-electron chi connectivity index (χ3n) is 4.49. The molecule has 2 saturated heterocycles. The molecular formula is C14H27N3O. The van der Waals surface area contributed by atoms with Gasteiger partial charge in [-0.1, -0.05) is 6.92 Å². The van der Waals surface area contributed by atoms with Crippen LogP contribution in [0.5, 0.6) is 0 Å². The molecule has 0 aliphatic carbocycles. The van der Waals surface area contributed by atoms with Gasteiger partial charge >= 0.3 is 0 Å². The summed E-state index contributed by atoms with van der Waals surface area (Å²) in [6.45, 7) is 6.67. The Balaban J connectivity index is 1.77. The molecule has 0 aromatic heterocycles. The predicted octanol–water partition coefficient (Wildman–Crippen LogP) is 0.977. The molecule has 0 bridgehead atoms. The number of hydrogen-bond donors (Lipinski definition) is 2. The number of hydrogen-bond acceptors (Lipinski definition) is 3. The van der Waals surface area contributed by atoms with E-state index in [2.05, 4.69) is 29.5 Å². The number of rotatable bonds is 3. The van der Waals surface area contributed by atoms with Gasteiger partial charge in [-0.05, 0) is 51.2 Å². The molecule has 1 amide bonds. The van der Waals surface area contributed by atoms with E-state index in [1.54, 1.807) is 0 Å². The first kappa shape index (κ1) is 13.8. The summed E-state index contributed by atoms with van der Waals surface area (Å²) in [6.07, 6.45) is 5.39. The van der Waals surface area contributed by atoms with Crippen LogP contribution in [0.3, 0.4) is 0 Å². The van der Waals surface area contributed by atoms with Gasteiger partial charge in [0, 0.05) is 25.6 Å². The Hall–Kier alpha value is -0.610. The maximum absolute atomic E-state index is 11.5. The van der Waals surface area contributed by atoms with Gasteiger partial charge in [-0.15, -0.1) is 0 Å². The van der Waals surface area contributed by atoms with Crippen LogP contribution in [0.25, 0.3) is 0 Å². The molecule has 104 valence electrons. The molecule has 4 heteroatoms. The second kappa shape index (κ2) is 6.02. The molecule has 0 saturated carbocycles. The van der Waals surface area contributed by atoms with Crippen molar-refractivity contribution in [3.8, 4) is 0 Å². The fourth-order valence-electron chi connectivity index (χ4n) is 2.87. The maximum atomic E-state index is 11.5. The van der Waals surface area contributed by atoms with Crippen molar-refractivity contribution in [1.82, 2.24) is 15.5 Å². The molecular weight excluding hydrogens is 226 g/mol. The molecule has 0 aromatic rings. The van der Waals surface area contributed by atoms with Crippen molar-refractivity contribution in [3.05, 3.63) is 0 Å². The topological polar surface area (TPSA) is 44.4 Å². The standard InChI is InChI=1S/C14H27N3O/c1-14(5-8-17(2)9-6-14)11-16-12-4-3-7-15-13(18)10-12/h12,16H,3-11H2,1-2H3,(H,15,18). The predicted molar refractivity (Wildman–Crippen MR) is 73.5 cm³/mol. The first-order chi connectivity index (χ1) is 8.57. The molecule has 18 heavy (non-hydrogen) atoms. The second-order valence-corrected chi connectivity index (χ2v) is 6.39. The van der Waals surface area contributed by atoms with E-state index in [1.807, 2.05) is 0 Å². The third kappa shape index (κ3) is 3.95. The quantitative estimate of drug-likeness (QED) is 0.788. The molecule has 1 unspecified atom stereocenters. The van der Waals surface area contributed by atoms with Crippen molar-refractivity contribution in [2.75, 3.05) is 33.2 Å². The van der Waals surface area contributed by atoms with Crippen LogP contribution in [0, 0.1) is 5.41 Å². The molecule has 2 heterocycles. The van der Waals surface area contributed by atoms with Gasteiger partial charge in [0.15, 0.2) is 0 Å². The Kier molecular flexibility index (Phi) is 4.62. The van der Waals surface area contributed by atoms with Crippen molar-refractivity contribution in [2.24, 2.45) is 5.41 Å². The van der Waals surface area contributed by atoms with E-state index in [9.17, 15) is 4.79 Å². The Morgan fingerprint density at radius 2 is 2.17 bits per heavy atom. The van der Waals surface area contributed by atoms with Gasteiger partial charge in [0.25, 0.3) is 0 Å². The molecule has 2 aliphatic heterocycles. The highest BCUT2D eigenvalue weighted by molar-refractivity contribution is 5.76. The normalized spacial score (nSPS) is 29.7. The van der Waals surface area contributed by atoms with Crippen LogP contribution in [-0.4, -0.2) is 50.1 Å². The van der Waals surface area contributed by atoms with Crippen LogP contribution < -0.4 is 10.6 Å². The molecule has 2 N–H and O–H groups in total. The van der Waals surface area contributed by atoms with Crippen LogP contribution in [-0.2, 0) is 4.79 Å². The number of nitrogens with zero attached hydrogens (tertiary/aromatic N) is 1. The molecule has 0 radical (unpaired) electrons. The van der Waals surface area contributed by atoms with Gasteiger partial charge in [0.05, 0.1) is 0 Å². The van der Waals surface area contributed by atoms with Gasteiger partial charge in [-0.25, -0.2) is 0 Å². The summed E-state index contributed by atoms with van der Waals surface area (Å²) in [6, 6.07) is 0.379. The SMILES string of the molecule is CN1CCC(C)(CNC2CCCNC(=O)C2)CC1. The van der Waals surface area contributed by atoms with Gasteiger partial charge in [-0.2, -0.15) is 0 Å². The van der Waals surface area contributed by atoms with Crippen molar-refractivity contribution < 1.29 is 4.79 Å². The highest BCUT2D eigenvalue weighted by atomic mass is 16.1. The van der Waals surface area contributed by atoms with E-state index < -0.39 is 0 Å². The largest absolute Gasteiger partial charge is 0.356 e. The van der Waals surface area contributed by atoms with E-state index in [4.69, 9.17) is 0 Å². The van der Waals surface area contributed by atoms with Gasteiger partial charge in [-0.3, -0.25) is 4.79 Å². The first-order valence-corrected chi connectivity index (χ1v) is 7.26. The molecule has 2 aliphatic rings. The molecule has 2 fully saturated rings. The fraction of sp³-hybridized carbons (Fsp3) is 0.929. The van der Waals surface area contributed by atoms with E-state index in [1.165, 1.54) is 25.9 Å². The lowest BCUT2D eigenvalue weighted by Crippen LogP contribution is -2.45. The lowest BCUT2D eigenvalue weighted by molar-refractivity contribution is -0.121. The van der Waals surface area contributed by atoms with Gasteiger partial charge in [0.2, 0.25) is 5.91 Å². The number of nitrogens with one attached hydrogen (secondary N) is 2. The average Bonchev–Trinajstić information content (AvgIpc) is 2.56. The van der Waals surface area contributed by atoms with Crippen molar-refractivity contribution in [1.29, 1.82) is 0 Å². The number of piperidine rings is 1. The lowest BCUT2D eigenvalue weighted by Gasteiger charge is -2.39. The molecule has 0 spiro atoms. The third-order valence-corrected chi connectivity index (χ3v) is 4.49. The number of carbonyl (C=O) groups excluding carboxylic acids is 1. The van der Waals surface area contributed by atoms with Gasteiger partial charge < -0.3 is 15.5 Å². The van der Waals surface area contributed by atoms with Crippen molar-refractivity contribution in [3.63, 3.8) is 0 Å². The first-order valence-electron chi connectivity index (χ1n) is 7.26. The molecule has 1 atom stereocenters. The number of likely N-dealkylation sites (tertiary alicyclic amines) is 1. The summed E-state index contributed by atoms with van der Waals surface area (Å²) < 4.78 is 0. The number of amides is 1. The van der Waals surface area contributed by atoms with Crippen molar-refractivity contribution >= 4 is 5.91 Å². The van der Waals surface area contributed by atoms with E-state index in [0.717, 1.165) is 25.9 Å². The van der Waals surface area contributed by atoms with Crippen molar-refractivity contribution in [2.45, 2.75) is 45.1 Å². The summed E-state index contributed by atoms with van der Waals surface area (Å²) in [5, 5.41) is 6.58. The zero-order chi connectivity index (χ0) is 13.0. The monoisotopic (exact) mass is 253 g/mol. The Bertz CT molecular complexity index is 285. The van der Waals surface area contributed by atoms with E-state index in [0.29, 0.717) is 17.9 Å². The van der Waals surface area contributed by atoms with Crippen LogP contribution in [0.4, 0.5) is 0 Å². The summed E-state index contributed by atoms with van der Waals surface area (Å²) in [5.74, 6) is 0.207. The summed E-state index contributed by atoms with van der Waals surface area (Å²) >= 11 is 0. The fourth-order valence-corrected chi connectivity index (χ4v) is 2.87.